The Morgan fingerprint density at radius 1 is 1.50 bits per heavy atom. The van der Waals surface area contributed by atoms with E-state index >= 15 is 0 Å². The monoisotopic (exact) mass is 227 g/mol. The van der Waals surface area contributed by atoms with Gasteiger partial charge in [-0.3, -0.25) is 0 Å². The van der Waals surface area contributed by atoms with Gasteiger partial charge in [0.25, 0.3) is 0 Å². The van der Waals surface area contributed by atoms with Crippen molar-refractivity contribution in [3.8, 4) is 5.75 Å². The first-order valence-corrected chi connectivity index (χ1v) is 4.56. The third-order valence-corrected chi connectivity index (χ3v) is 2.19. The number of phenolic OH excluding ortho intramolecular Hbond substituents is 1. The second kappa shape index (κ2) is 2.79. The van der Waals surface area contributed by atoms with Gasteiger partial charge in [0, 0.05) is 10.7 Å². The van der Waals surface area contributed by atoms with Crippen LogP contribution in [0.4, 0.5) is 0 Å². The Morgan fingerprint density at radius 2 is 2.33 bits per heavy atom. The molecule has 0 aliphatic heterocycles. The van der Waals surface area contributed by atoms with Crippen molar-refractivity contribution >= 4 is 26.9 Å². The summed E-state index contributed by atoms with van der Waals surface area (Å²) in [6.07, 6.45) is 0. The van der Waals surface area contributed by atoms with Gasteiger partial charge in [0.2, 0.25) is 0 Å². The summed E-state index contributed by atoms with van der Waals surface area (Å²) in [5.41, 5.74) is 1.50. The van der Waals surface area contributed by atoms with Crippen LogP contribution in [0, 0.1) is 0 Å². The van der Waals surface area contributed by atoms with Crippen LogP contribution < -0.4 is 0 Å². The third-order valence-electron chi connectivity index (χ3n) is 1.65. The topological polar surface area (TPSA) is 46.3 Å². The number of hydrogen-bond donors (Lipinski definition) is 1. The number of phenols is 1. The molecule has 0 amide bonds. The molecular formula is C8H6BrNO2. The molecule has 0 saturated heterocycles. The van der Waals surface area contributed by atoms with E-state index in [1.165, 1.54) is 0 Å². The number of hydrogen-bond acceptors (Lipinski definition) is 3. The first-order valence-electron chi connectivity index (χ1n) is 3.44. The number of halogens is 1. The molecule has 0 unspecified atom stereocenters. The van der Waals surface area contributed by atoms with E-state index < -0.39 is 0 Å². The molecule has 1 aromatic heterocycles. The van der Waals surface area contributed by atoms with Gasteiger partial charge in [-0.15, -0.1) is 0 Å². The molecular weight excluding hydrogens is 222 g/mol. The SMILES string of the molecule is Oc1ccc2onc(CBr)c2c1. The zero-order valence-corrected chi connectivity index (χ0v) is 7.71. The minimum Gasteiger partial charge on any atom is -0.508 e. The molecule has 0 bridgehead atoms. The van der Waals surface area contributed by atoms with Gasteiger partial charge in [-0.25, -0.2) is 0 Å². The maximum absolute atomic E-state index is 9.18. The van der Waals surface area contributed by atoms with Crippen LogP contribution >= 0.6 is 15.9 Å². The van der Waals surface area contributed by atoms with E-state index in [1.54, 1.807) is 18.2 Å². The quantitative estimate of drug-likeness (QED) is 0.762. The highest BCUT2D eigenvalue weighted by atomic mass is 79.9. The van der Waals surface area contributed by atoms with Crippen molar-refractivity contribution in [2.75, 3.05) is 0 Å². The van der Waals surface area contributed by atoms with Gasteiger partial charge in [-0.2, -0.15) is 0 Å². The smallest absolute Gasteiger partial charge is 0.167 e. The molecule has 1 heterocycles. The summed E-state index contributed by atoms with van der Waals surface area (Å²) in [6, 6.07) is 4.91. The minimum atomic E-state index is 0.230. The zero-order chi connectivity index (χ0) is 8.55. The molecule has 0 spiro atoms. The lowest BCUT2D eigenvalue weighted by Crippen LogP contribution is -1.75. The summed E-state index contributed by atoms with van der Waals surface area (Å²) in [5.74, 6) is 0.230. The van der Waals surface area contributed by atoms with Crippen molar-refractivity contribution in [2.24, 2.45) is 0 Å². The van der Waals surface area contributed by atoms with Gasteiger partial charge < -0.3 is 9.63 Å². The summed E-state index contributed by atoms with van der Waals surface area (Å²) < 4.78 is 5.00. The highest BCUT2D eigenvalue weighted by Crippen LogP contribution is 2.24. The summed E-state index contributed by atoms with van der Waals surface area (Å²) >= 11 is 3.28. The van der Waals surface area contributed by atoms with E-state index in [0.29, 0.717) is 10.9 Å². The van der Waals surface area contributed by atoms with Gasteiger partial charge in [0.15, 0.2) is 5.58 Å². The van der Waals surface area contributed by atoms with Gasteiger partial charge in [-0.1, -0.05) is 21.1 Å². The number of rotatable bonds is 1. The Morgan fingerprint density at radius 3 is 3.08 bits per heavy atom. The van der Waals surface area contributed by atoms with E-state index in [0.717, 1.165) is 11.1 Å². The molecule has 1 N–H and O–H groups in total. The average molecular weight is 228 g/mol. The fraction of sp³-hybridized carbons (Fsp3) is 0.125. The highest BCUT2D eigenvalue weighted by Gasteiger charge is 2.06. The van der Waals surface area contributed by atoms with E-state index in [-0.39, 0.29) is 5.75 Å². The first kappa shape index (κ1) is 7.61. The lowest BCUT2D eigenvalue weighted by Gasteiger charge is -1.90. The number of alkyl halides is 1. The largest absolute Gasteiger partial charge is 0.508 e. The molecule has 0 aliphatic carbocycles. The first-order chi connectivity index (χ1) is 5.81. The van der Waals surface area contributed by atoms with Crippen LogP contribution in [-0.2, 0) is 5.33 Å². The van der Waals surface area contributed by atoms with Crippen LogP contribution in [0.15, 0.2) is 22.7 Å². The van der Waals surface area contributed by atoms with Crippen LogP contribution in [-0.4, -0.2) is 10.3 Å². The predicted octanol–water partition coefficient (Wildman–Crippen LogP) is 2.43. The van der Waals surface area contributed by atoms with Crippen molar-refractivity contribution in [3.05, 3.63) is 23.9 Å². The number of aromatic hydroxyl groups is 1. The maximum Gasteiger partial charge on any atom is 0.167 e. The van der Waals surface area contributed by atoms with Crippen LogP contribution in [0.25, 0.3) is 11.0 Å². The predicted molar refractivity (Wildman–Crippen MR) is 48.3 cm³/mol. The second-order valence-electron chi connectivity index (χ2n) is 2.44. The maximum atomic E-state index is 9.18. The molecule has 62 valence electrons. The molecule has 1 aromatic carbocycles. The van der Waals surface area contributed by atoms with E-state index in [9.17, 15) is 5.11 Å². The van der Waals surface area contributed by atoms with Crippen molar-refractivity contribution in [1.29, 1.82) is 0 Å². The van der Waals surface area contributed by atoms with Crippen molar-refractivity contribution in [2.45, 2.75) is 5.33 Å². The lowest BCUT2D eigenvalue weighted by molar-refractivity contribution is 0.449. The molecule has 0 atom stereocenters. The van der Waals surface area contributed by atoms with Gasteiger partial charge >= 0.3 is 0 Å². The summed E-state index contributed by atoms with van der Waals surface area (Å²) in [6.45, 7) is 0. The number of fused-ring (bicyclic) bond motifs is 1. The average Bonchev–Trinajstić information content (AvgIpc) is 2.46. The van der Waals surface area contributed by atoms with Crippen LogP contribution in [0.3, 0.4) is 0 Å². The van der Waals surface area contributed by atoms with E-state index in [4.69, 9.17) is 4.52 Å². The summed E-state index contributed by atoms with van der Waals surface area (Å²) in [4.78, 5) is 0. The Labute approximate surface area is 77.1 Å². The molecule has 0 aliphatic rings. The van der Waals surface area contributed by atoms with E-state index in [1.807, 2.05) is 0 Å². The molecule has 3 nitrogen and oxygen atoms in total. The Bertz CT molecular complexity index is 410. The number of aromatic nitrogens is 1. The molecule has 0 saturated carbocycles. The van der Waals surface area contributed by atoms with Gasteiger partial charge in [0.1, 0.15) is 11.4 Å². The van der Waals surface area contributed by atoms with Crippen LogP contribution in [0.1, 0.15) is 5.69 Å². The third kappa shape index (κ3) is 1.08. The zero-order valence-electron chi connectivity index (χ0n) is 6.12. The summed E-state index contributed by atoms with van der Waals surface area (Å²) in [7, 11) is 0. The molecule has 0 fully saturated rings. The fourth-order valence-electron chi connectivity index (χ4n) is 1.07. The Hall–Kier alpha value is -1.03. The normalized spacial score (nSPS) is 10.8. The molecule has 0 radical (unpaired) electrons. The molecule has 4 heteroatoms. The van der Waals surface area contributed by atoms with Gasteiger partial charge in [0.05, 0.1) is 0 Å². The van der Waals surface area contributed by atoms with Crippen molar-refractivity contribution < 1.29 is 9.63 Å². The van der Waals surface area contributed by atoms with E-state index in [2.05, 4.69) is 21.1 Å². The number of benzene rings is 1. The molecule has 2 aromatic rings. The Kier molecular flexibility index (Phi) is 1.77. The minimum absolute atomic E-state index is 0.230. The van der Waals surface area contributed by atoms with Gasteiger partial charge in [-0.05, 0) is 18.2 Å². The summed E-state index contributed by atoms with van der Waals surface area (Å²) in [5, 5.41) is 14.5. The van der Waals surface area contributed by atoms with Crippen LogP contribution in [0.2, 0.25) is 0 Å². The molecule has 2 rings (SSSR count). The number of nitrogens with zero attached hydrogens (tertiary/aromatic N) is 1. The van der Waals surface area contributed by atoms with Crippen molar-refractivity contribution in [3.63, 3.8) is 0 Å². The van der Waals surface area contributed by atoms with Crippen LogP contribution in [0.5, 0.6) is 5.75 Å². The second-order valence-corrected chi connectivity index (χ2v) is 3.00. The molecule has 12 heavy (non-hydrogen) atoms. The van der Waals surface area contributed by atoms with Crippen molar-refractivity contribution in [1.82, 2.24) is 5.16 Å². The standard InChI is InChI=1S/C8H6BrNO2/c9-4-7-6-3-5(11)1-2-8(6)12-10-7/h1-3,11H,4H2. The Balaban J connectivity index is 2.75. The fourth-order valence-corrected chi connectivity index (χ4v) is 1.48. The lowest BCUT2D eigenvalue weighted by atomic mass is 10.2. The highest BCUT2D eigenvalue weighted by molar-refractivity contribution is 9.08.